The Morgan fingerprint density at radius 1 is 1.16 bits per heavy atom. The van der Waals surface area contributed by atoms with Crippen LogP contribution < -0.4 is 10.1 Å². The average molecular weight is 508 g/mol. The molecule has 2 rings (SSSR count). The Morgan fingerprint density at radius 2 is 1.77 bits per heavy atom. The van der Waals surface area contributed by atoms with Crippen molar-refractivity contribution in [2.24, 2.45) is 0 Å². The molecule has 31 heavy (non-hydrogen) atoms. The van der Waals surface area contributed by atoms with Crippen LogP contribution in [0.1, 0.15) is 26.3 Å². The lowest BCUT2D eigenvalue weighted by atomic mass is 10.1. The molecule has 0 aliphatic carbocycles. The standard InChI is InChI=1S/C18H20Cl3F3N2O5/c1-16(2,3)31-15(28)26-7-11(8-26)30-13-5-4-10(18(22,23)24)6-12(13)25-14(27)29-9-17(19,20)21/h4-6,11H,7-9H2,1-3H3,(H,25,27). The summed E-state index contributed by atoms with van der Waals surface area (Å²) in [6.45, 7) is 4.87. The maximum atomic E-state index is 13.1. The number of rotatable bonds is 4. The Morgan fingerprint density at radius 3 is 2.29 bits per heavy atom. The van der Waals surface area contributed by atoms with E-state index in [1.54, 1.807) is 20.8 Å². The number of ether oxygens (including phenoxy) is 3. The van der Waals surface area contributed by atoms with Crippen LogP contribution >= 0.6 is 34.8 Å². The summed E-state index contributed by atoms with van der Waals surface area (Å²) >= 11 is 16.4. The molecule has 1 saturated heterocycles. The molecule has 13 heteroatoms. The van der Waals surface area contributed by atoms with E-state index >= 15 is 0 Å². The van der Waals surface area contributed by atoms with Gasteiger partial charge in [-0.15, -0.1) is 0 Å². The van der Waals surface area contributed by atoms with Gasteiger partial charge < -0.3 is 19.1 Å². The van der Waals surface area contributed by atoms with Crippen LogP contribution in [0.3, 0.4) is 0 Å². The third-order valence-corrected chi connectivity index (χ3v) is 4.03. The lowest BCUT2D eigenvalue weighted by Crippen LogP contribution is -2.57. The van der Waals surface area contributed by atoms with Gasteiger partial charge in [0, 0.05) is 0 Å². The second kappa shape index (κ2) is 9.38. The summed E-state index contributed by atoms with van der Waals surface area (Å²) in [6.07, 6.45) is -6.84. The Hall–Kier alpha value is -1.78. The summed E-state index contributed by atoms with van der Waals surface area (Å²) in [5, 5.41) is 2.15. The van der Waals surface area contributed by atoms with Crippen LogP contribution in [0.2, 0.25) is 0 Å². The Bertz CT molecular complexity index is 819. The molecule has 2 amide bonds. The number of nitrogens with one attached hydrogen (secondary N) is 1. The molecule has 1 aromatic carbocycles. The summed E-state index contributed by atoms with van der Waals surface area (Å²) < 4.78 is 52.8. The minimum Gasteiger partial charge on any atom is -0.485 e. The number of alkyl halides is 6. The lowest BCUT2D eigenvalue weighted by molar-refractivity contribution is -0.137. The molecular formula is C18H20Cl3F3N2O5. The van der Waals surface area contributed by atoms with Crippen molar-refractivity contribution in [1.29, 1.82) is 0 Å². The van der Waals surface area contributed by atoms with Gasteiger partial charge >= 0.3 is 18.4 Å². The second-order valence-electron chi connectivity index (χ2n) is 7.65. The summed E-state index contributed by atoms with van der Waals surface area (Å²) in [7, 11) is 0. The smallest absolute Gasteiger partial charge is 0.416 e. The third kappa shape index (κ3) is 8.34. The van der Waals surface area contributed by atoms with Gasteiger partial charge in [0.1, 0.15) is 24.1 Å². The second-order valence-corrected chi connectivity index (χ2v) is 10.2. The SMILES string of the molecule is CC(C)(C)OC(=O)N1CC(Oc2ccc(C(F)(F)F)cc2NC(=O)OCC(Cl)(Cl)Cl)C1. The fourth-order valence-corrected chi connectivity index (χ4v) is 2.53. The highest BCUT2D eigenvalue weighted by Gasteiger charge is 2.36. The van der Waals surface area contributed by atoms with Crippen molar-refractivity contribution >= 4 is 52.7 Å². The molecule has 1 fully saturated rings. The third-order valence-electron chi connectivity index (χ3n) is 3.70. The first-order chi connectivity index (χ1) is 14.0. The minimum atomic E-state index is -4.65. The normalized spacial score (nSPS) is 15.2. The van der Waals surface area contributed by atoms with Gasteiger partial charge in [-0.25, -0.2) is 9.59 Å². The molecule has 1 aromatic rings. The maximum absolute atomic E-state index is 13.1. The summed E-state index contributed by atoms with van der Waals surface area (Å²) in [4.78, 5) is 25.3. The minimum absolute atomic E-state index is 0.0485. The van der Waals surface area contributed by atoms with Crippen molar-refractivity contribution in [3.8, 4) is 5.75 Å². The van der Waals surface area contributed by atoms with Crippen molar-refractivity contribution in [2.45, 2.75) is 42.4 Å². The molecule has 0 aromatic heterocycles. The van der Waals surface area contributed by atoms with Crippen molar-refractivity contribution in [1.82, 2.24) is 4.90 Å². The van der Waals surface area contributed by atoms with E-state index in [4.69, 9.17) is 44.3 Å². The Labute approximate surface area is 191 Å². The first kappa shape index (κ1) is 25.5. The van der Waals surface area contributed by atoms with E-state index < -0.39 is 46.0 Å². The van der Waals surface area contributed by atoms with Crippen LogP contribution in [0.4, 0.5) is 28.4 Å². The molecule has 0 saturated carbocycles. The topological polar surface area (TPSA) is 77.1 Å². The number of nitrogens with zero attached hydrogens (tertiary/aromatic N) is 1. The molecule has 0 unspecified atom stereocenters. The summed E-state index contributed by atoms with van der Waals surface area (Å²) in [5.74, 6) is -0.0485. The van der Waals surface area contributed by atoms with Gasteiger partial charge in [-0.05, 0) is 39.0 Å². The fraction of sp³-hybridized carbons (Fsp3) is 0.556. The van der Waals surface area contributed by atoms with E-state index in [1.807, 2.05) is 0 Å². The maximum Gasteiger partial charge on any atom is 0.416 e. The molecule has 7 nitrogen and oxygen atoms in total. The lowest BCUT2D eigenvalue weighted by Gasteiger charge is -2.39. The van der Waals surface area contributed by atoms with E-state index in [0.29, 0.717) is 6.07 Å². The predicted molar refractivity (Wildman–Crippen MR) is 109 cm³/mol. The van der Waals surface area contributed by atoms with Gasteiger partial charge in [0.15, 0.2) is 0 Å². The average Bonchev–Trinajstić information content (AvgIpc) is 2.53. The molecule has 0 atom stereocenters. The van der Waals surface area contributed by atoms with Gasteiger partial charge in [0.25, 0.3) is 0 Å². The fourth-order valence-electron chi connectivity index (χ4n) is 2.37. The zero-order chi connectivity index (χ0) is 23.6. The number of carbonyl (C=O) groups excluding carboxylic acids is 2. The van der Waals surface area contributed by atoms with Crippen LogP contribution in [0.5, 0.6) is 5.75 Å². The van der Waals surface area contributed by atoms with Gasteiger partial charge in [-0.2, -0.15) is 13.2 Å². The number of hydrogen-bond acceptors (Lipinski definition) is 5. The quantitative estimate of drug-likeness (QED) is 0.535. The van der Waals surface area contributed by atoms with Crippen molar-refractivity contribution in [2.75, 3.05) is 25.0 Å². The molecule has 0 bridgehead atoms. The number of likely N-dealkylation sites (tertiary alicyclic amines) is 1. The monoisotopic (exact) mass is 506 g/mol. The van der Waals surface area contributed by atoms with Crippen LogP contribution in [0, 0.1) is 0 Å². The molecule has 1 aliphatic rings. The van der Waals surface area contributed by atoms with E-state index in [2.05, 4.69) is 10.1 Å². The Balaban J connectivity index is 2.07. The molecule has 1 N–H and O–H groups in total. The summed E-state index contributed by atoms with van der Waals surface area (Å²) in [6, 6.07) is 2.55. The highest BCUT2D eigenvalue weighted by Crippen LogP contribution is 2.36. The van der Waals surface area contributed by atoms with Gasteiger partial charge in [-0.1, -0.05) is 34.8 Å². The largest absolute Gasteiger partial charge is 0.485 e. The molecule has 174 valence electrons. The van der Waals surface area contributed by atoms with Gasteiger partial charge in [-0.3, -0.25) is 5.32 Å². The zero-order valence-corrected chi connectivity index (χ0v) is 19.0. The van der Waals surface area contributed by atoms with Crippen LogP contribution in [0.15, 0.2) is 18.2 Å². The number of hydrogen-bond donors (Lipinski definition) is 1. The van der Waals surface area contributed by atoms with Crippen LogP contribution in [-0.2, 0) is 15.7 Å². The molecule has 1 heterocycles. The van der Waals surface area contributed by atoms with Crippen LogP contribution in [-0.4, -0.2) is 52.3 Å². The highest BCUT2D eigenvalue weighted by atomic mass is 35.6. The van der Waals surface area contributed by atoms with E-state index in [9.17, 15) is 22.8 Å². The first-order valence-electron chi connectivity index (χ1n) is 8.90. The van der Waals surface area contributed by atoms with E-state index in [1.165, 1.54) is 4.90 Å². The van der Waals surface area contributed by atoms with Crippen LogP contribution in [0.25, 0.3) is 0 Å². The number of halogens is 6. The van der Waals surface area contributed by atoms with Crippen molar-refractivity contribution < 1.29 is 37.0 Å². The van der Waals surface area contributed by atoms with Crippen molar-refractivity contribution in [3.63, 3.8) is 0 Å². The molecule has 0 spiro atoms. The highest BCUT2D eigenvalue weighted by molar-refractivity contribution is 6.67. The molecule has 1 aliphatic heterocycles. The Kier molecular flexibility index (Phi) is 7.71. The number of amides is 2. The number of carbonyl (C=O) groups is 2. The zero-order valence-electron chi connectivity index (χ0n) is 16.7. The van der Waals surface area contributed by atoms with E-state index in [0.717, 1.165) is 12.1 Å². The number of anilines is 1. The van der Waals surface area contributed by atoms with Gasteiger partial charge in [0.2, 0.25) is 3.79 Å². The van der Waals surface area contributed by atoms with Gasteiger partial charge in [0.05, 0.1) is 24.3 Å². The first-order valence-corrected chi connectivity index (χ1v) is 10.0. The molecular weight excluding hydrogens is 488 g/mol. The summed E-state index contributed by atoms with van der Waals surface area (Å²) in [5.41, 5.74) is -1.97. The predicted octanol–water partition coefficient (Wildman–Crippen LogP) is 5.62. The number of benzene rings is 1. The molecule has 0 radical (unpaired) electrons. The van der Waals surface area contributed by atoms with E-state index in [-0.39, 0.29) is 24.5 Å². The van der Waals surface area contributed by atoms with Crippen molar-refractivity contribution in [3.05, 3.63) is 23.8 Å².